The Morgan fingerprint density at radius 1 is 1.00 bits per heavy atom. The lowest BCUT2D eigenvalue weighted by Crippen LogP contribution is -2.12. The number of benzene rings is 2. The highest BCUT2D eigenvalue weighted by molar-refractivity contribution is 6.03. The van der Waals surface area contributed by atoms with Gasteiger partial charge in [-0.3, -0.25) is 25.0 Å². The lowest BCUT2D eigenvalue weighted by atomic mass is 10.1. The van der Waals surface area contributed by atoms with Gasteiger partial charge in [-0.15, -0.1) is 0 Å². The quantitative estimate of drug-likeness (QED) is 0.528. The zero-order chi connectivity index (χ0) is 19.6. The molecule has 0 bridgehead atoms. The minimum atomic E-state index is -0.668. The molecule has 0 spiro atoms. The van der Waals surface area contributed by atoms with Crippen LogP contribution in [0.25, 0.3) is 11.3 Å². The molecule has 0 saturated heterocycles. The van der Waals surface area contributed by atoms with Crippen molar-refractivity contribution in [3.8, 4) is 11.3 Å². The number of hydrogen-bond acceptors (Lipinski definition) is 6. The van der Waals surface area contributed by atoms with Crippen LogP contribution in [0.1, 0.15) is 16.1 Å². The Bertz CT molecular complexity index is 1060. The van der Waals surface area contributed by atoms with E-state index in [9.17, 15) is 25.0 Å². The van der Waals surface area contributed by atoms with Gasteiger partial charge in [0.15, 0.2) is 5.76 Å². The Hall–Kier alpha value is -4.01. The van der Waals surface area contributed by atoms with Crippen molar-refractivity contribution < 1.29 is 19.1 Å². The summed E-state index contributed by atoms with van der Waals surface area (Å²) in [6, 6.07) is 13.1. The summed E-state index contributed by atoms with van der Waals surface area (Å²) in [5.41, 5.74) is 0.832. The average Bonchev–Trinajstić information content (AvgIpc) is 3.13. The van der Waals surface area contributed by atoms with Gasteiger partial charge in [-0.2, -0.15) is 0 Å². The Morgan fingerprint density at radius 2 is 1.78 bits per heavy atom. The number of nitrogens with zero attached hydrogens (tertiary/aromatic N) is 2. The Kier molecular flexibility index (Phi) is 4.67. The van der Waals surface area contributed by atoms with Gasteiger partial charge in [0.25, 0.3) is 17.3 Å². The van der Waals surface area contributed by atoms with Crippen LogP contribution >= 0.6 is 0 Å². The van der Waals surface area contributed by atoms with E-state index in [4.69, 9.17) is 4.42 Å². The lowest BCUT2D eigenvalue weighted by Gasteiger charge is -2.05. The largest absolute Gasteiger partial charge is 0.451 e. The number of nitrogens with one attached hydrogen (secondary N) is 1. The van der Waals surface area contributed by atoms with E-state index in [2.05, 4.69) is 5.32 Å². The number of nitro benzene ring substituents is 2. The van der Waals surface area contributed by atoms with Gasteiger partial charge in [0, 0.05) is 23.8 Å². The summed E-state index contributed by atoms with van der Waals surface area (Å²) in [6.45, 7) is 1.70. The van der Waals surface area contributed by atoms with Crippen molar-refractivity contribution in [2.75, 3.05) is 5.32 Å². The molecule has 3 rings (SSSR count). The third kappa shape index (κ3) is 3.82. The van der Waals surface area contributed by atoms with Crippen LogP contribution in [-0.2, 0) is 0 Å². The monoisotopic (exact) mass is 367 g/mol. The number of aryl methyl sites for hydroxylation is 1. The van der Waals surface area contributed by atoms with Crippen molar-refractivity contribution in [2.24, 2.45) is 0 Å². The van der Waals surface area contributed by atoms with E-state index in [1.54, 1.807) is 19.1 Å². The number of nitro groups is 2. The summed E-state index contributed by atoms with van der Waals surface area (Å²) in [4.78, 5) is 33.3. The van der Waals surface area contributed by atoms with E-state index in [0.29, 0.717) is 11.1 Å². The SMILES string of the molecule is Cc1ccc(NC(=O)c2ccc(-c3cccc([N+](=O)[O-])c3)o2)c([N+](=O)[O-])c1. The second-order valence-electron chi connectivity index (χ2n) is 5.70. The smallest absolute Gasteiger partial charge is 0.293 e. The predicted molar refractivity (Wildman–Crippen MR) is 96.6 cm³/mol. The number of anilines is 1. The molecule has 1 N–H and O–H groups in total. The first-order chi connectivity index (χ1) is 12.8. The van der Waals surface area contributed by atoms with Crippen molar-refractivity contribution in [3.05, 3.63) is 86.1 Å². The second kappa shape index (κ2) is 7.08. The Balaban J connectivity index is 1.85. The van der Waals surface area contributed by atoms with Crippen LogP contribution in [0, 0.1) is 27.2 Å². The maximum Gasteiger partial charge on any atom is 0.293 e. The number of amides is 1. The highest BCUT2D eigenvalue weighted by Crippen LogP contribution is 2.28. The molecule has 0 aliphatic heterocycles. The van der Waals surface area contributed by atoms with E-state index in [-0.39, 0.29) is 28.6 Å². The number of rotatable bonds is 5. The number of carbonyl (C=O) groups is 1. The normalized spacial score (nSPS) is 10.4. The van der Waals surface area contributed by atoms with Gasteiger partial charge in [-0.1, -0.05) is 18.2 Å². The first-order valence-corrected chi connectivity index (χ1v) is 7.76. The molecule has 2 aromatic carbocycles. The van der Waals surface area contributed by atoms with E-state index in [1.165, 1.54) is 42.5 Å². The van der Waals surface area contributed by atoms with Crippen LogP contribution < -0.4 is 5.32 Å². The van der Waals surface area contributed by atoms with Crippen LogP contribution in [0.15, 0.2) is 59.0 Å². The van der Waals surface area contributed by atoms with E-state index in [1.807, 2.05) is 0 Å². The van der Waals surface area contributed by atoms with Gasteiger partial charge >= 0.3 is 0 Å². The summed E-state index contributed by atoms with van der Waals surface area (Å²) < 4.78 is 5.46. The summed E-state index contributed by atoms with van der Waals surface area (Å²) >= 11 is 0. The van der Waals surface area contributed by atoms with Gasteiger partial charge in [0.05, 0.1) is 9.85 Å². The molecule has 0 saturated carbocycles. The summed E-state index contributed by atoms with van der Waals surface area (Å²) in [7, 11) is 0. The van der Waals surface area contributed by atoms with E-state index >= 15 is 0 Å². The maximum atomic E-state index is 12.4. The van der Waals surface area contributed by atoms with E-state index < -0.39 is 15.8 Å². The zero-order valence-corrected chi connectivity index (χ0v) is 14.0. The zero-order valence-electron chi connectivity index (χ0n) is 14.0. The summed E-state index contributed by atoms with van der Waals surface area (Å²) in [6.07, 6.45) is 0. The van der Waals surface area contributed by atoms with E-state index in [0.717, 1.165) is 0 Å². The molecule has 1 heterocycles. The predicted octanol–water partition coefficient (Wildman–Crippen LogP) is 4.32. The molecule has 1 amide bonds. The molecule has 0 atom stereocenters. The third-order valence-electron chi connectivity index (χ3n) is 3.77. The van der Waals surface area contributed by atoms with Crippen LogP contribution in [0.2, 0.25) is 0 Å². The van der Waals surface area contributed by atoms with Crippen LogP contribution in [0.4, 0.5) is 17.1 Å². The fourth-order valence-electron chi connectivity index (χ4n) is 2.47. The van der Waals surface area contributed by atoms with Gasteiger partial charge in [0.1, 0.15) is 11.4 Å². The molecule has 9 nitrogen and oxygen atoms in total. The second-order valence-corrected chi connectivity index (χ2v) is 5.70. The molecule has 136 valence electrons. The summed E-state index contributed by atoms with van der Waals surface area (Å²) in [5.74, 6) is -0.479. The van der Waals surface area contributed by atoms with Crippen molar-refractivity contribution >= 4 is 23.0 Å². The number of hydrogen-bond donors (Lipinski definition) is 1. The molecule has 0 aliphatic rings. The molecular formula is C18H13N3O6. The Labute approximate surface area is 152 Å². The van der Waals surface area contributed by atoms with Crippen molar-refractivity contribution in [1.82, 2.24) is 0 Å². The standard InChI is InChI=1S/C18H13N3O6/c1-11-5-6-14(15(9-11)21(25)26)19-18(22)17-8-7-16(27-17)12-3-2-4-13(10-12)20(23)24/h2-10H,1H3,(H,19,22). The van der Waals surface area contributed by atoms with Gasteiger partial charge < -0.3 is 9.73 Å². The lowest BCUT2D eigenvalue weighted by molar-refractivity contribution is -0.384. The molecule has 9 heteroatoms. The maximum absolute atomic E-state index is 12.4. The topological polar surface area (TPSA) is 129 Å². The third-order valence-corrected chi connectivity index (χ3v) is 3.77. The molecular weight excluding hydrogens is 354 g/mol. The van der Waals surface area contributed by atoms with Crippen molar-refractivity contribution in [2.45, 2.75) is 6.92 Å². The molecule has 0 radical (unpaired) electrons. The fraction of sp³-hybridized carbons (Fsp3) is 0.0556. The number of non-ortho nitro benzene ring substituents is 1. The first-order valence-electron chi connectivity index (χ1n) is 7.76. The van der Waals surface area contributed by atoms with Gasteiger partial charge in [-0.05, 0) is 30.7 Å². The molecule has 0 aliphatic carbocycles. The summed E-state index contributed by atoms with van der Waals surface area (Å²) in [5, 5.41) is 24.5. The van der Waals surface area contributed by atoms with Gasteiger partial charge in [-0.25, -0.2) is 0 Å². The molecule has 27 heavy (non-hydrogen) atoms. The Morgan fingerprint density at radius 3 is 2.48 bits per heavy atom. The fourth-order valence-corrected chi connectivity index (χ4v) is 2.47. The van der Waals surface area contributed by atoms with Crippen LogP contribution in [0.3, 0.4) is 0 Å². The minimum absolute atomic E-state index is 0.0453. The van der Waals surface area contributed by atoms with Gasteiger partial charge in [0.2, 0.25) is 0 Å². The minimum Gasteiger partial charge on any atom is -0.451 e. The first kappa shape index (κ1) is 17.8. The highest BCUT2D eigenvalue weighted by Gasteiger charge is 2.19. The highest BCUT2D eigenvalue weighted by atomic mass is 16.6. The molecule has 0 unspecified atom stereocenters. The van der Waals surface area contributed by atoms with Crippen molar-refractivity contribution in [3.63, 3.8) is 0 Å². The van der Waals surface area contributed by atoms with Crippen LogP contribution in [0.5, 0.6) is 0 Å². The average molecular weight is 367 g/mol. The molecule has 1 aromatic heterocycles. The van der Waals surface area contributed by atoms with Crippen molar-refractivity contribution in [1.29, 1.82) is 0 Å². The number of furan rings is 1. The number of carbonyl (C=O) groups excluding carboxylic acids is 1. The van der Waals surface area contributed by atoms with Crippen LogP contribution in [-0.4, -0.2) is 15.8 Å². The molecule has 0 fully saturated rings. The molecule has 3 aromatic rings.